The molecule has 1 aromatic carbocycles. The maximum absolute atomic E-state index is 10.6. The zero-order chi connectivity index (χ0) is 10.7. The van der Waals surface area contributed by atoms with Crippen molar-refractivity contribution < 1.29 is 14.6 Å². The summed E-state index contributed by atoms with van der Waals surface area (Å²) in [7, 11) is 0. The van der Waals surface area contributed by atoms with Crippen LogP contribution >= 0.6 is 0 Å². The average molecular weight is 207 g/mol. The molecule has 80 valence electrons. The molecular formula is C11H13NO3. The van der Waals surface area contributed by atoms with Gasteiger partial charge >= 0.3 is 5.97 Å². The van der Waals surface area contributed by atoms with E-state index >= 15 is 0 Å². The quantitative estimate of drug-likeness (QED) is 0.761. The lowest BCUT2D eigenvalue weighted by Crippen LogP contribution is -2.34. The Morgan fingerprint density at radius 2 is 2.13 bits per heavy atom. The van der Waals surface area contributed by atoms with Gasteiger partial charge in [-0.05, 0) is 17.7 Å². The van der Waals surface area contributed by atoms with Crippen molar-refractivity contribution >= 4 is 5.97 Å². The summed E-state index contributed by atoms with van der Waals surface area (Å²) in [6.07, 6.45) is 0. The van der Waals surface area contributed by atoms with Gasteiger partial charge in [0.1, 0.15) is 0 Å². The molecule has 0 saturated carbocycles. The summed E-state index contributed by atoms with van der Waals surface area (Å²) in [5, 5.41) is 12.1. The number of carboxylic acids is 1. The molecule has 1 fully saturated rings. The maximum atomic E-state index is 10.6. The zero-order valence-electron chi connectivity index (χ0n) is 8.27. The van der Waals surface area contributed by atoms with E-state index in [1.807, 2.05) is 12.1 Å². The minimum atomic E-state index is -0.894. The Morgan fingerprint density at radius 3 is 2.67 bits per heavy atom. The van der Waals surface area contributed by atoms with Gasteiger partial charge in [0.15, 0.2) is 0 Å². The van der Waals surface area contributed by atoms with Crippen LogP contribution in [-0.2, 0) is 4.74 Å². The minimum Gasteiger partial charge on any atom is -0.478 e. The second kappa shape index (κ2) is 4.42. The summed E-state index contributed by atoms with van der Waals surface area (Å²) in [6.45, 7) is 2.22. The van der Waals surface area contributed by atoms with Gasteiger partial charge in [0.05, 0.1) is 24.8 Å². The molecule has 0 amide bonds. The van der Waals surface area contributed by atoms with Gasteiger partial charge < -0.3 is 15.2 Å². The SMILES string of the molecule is O=C(O)c1ccc([C@H]2COCCN2)cc1. The second-order valence-electron chi connectivity index (χ2n) is 3.51. The monoisotopic (exact) mass is 207 g/mol. The number of nitrogens with one attached hydrogen (secondary N) is 1. The van der Waals surface area contributed by atoms with E-state index < -0.39 is 5.97 Å². The first-order valence-electron chi connectivity index (χ1n) is 4.92. The van der Waals surface area contributed by atoms with Crippen LogP contribution in [0.3, 0.4) is 0 Å². The van der Waals surface area contributed by atoms with E-state index in [4.69, 9.17) is 9.84 Å². The van der Waals surface area contributed by atoms with Gasteiger partial charge in [-0.25, -0.2) is 4.79 Å². The van der Waals surface area contributed by atoms with E-state index in [1.165, 1.54) is 0 Å². The Morgan fingerprint density at radius 1 is 1.40 bits per heavy atom. The van der Waals surface area contributed by atoms with E-state index in [9.17, 15) is 4.79 Å². The molecule has 4 heteroatoms. The fraction of sp³-hybridized carbons (Fsp3) is 0.364. The Bertz CT molecular complexity index is 341. The van der Waals surface area contributed by atoms with Gasteiger partial charge in [-0.2, -0.15) is 0 Å². The van der Waals surface area contributed by atoms with Crippen molar-refractivity contribution in [3.05, 3.63) is 35.4 Å². The fourth-order valence-corrected chi connectivity index (χ4v) is 1.64. The van der Waals surface area contributed by atoms with Crippen LogP contribution in [0.1, 0.15) is 22.0 Å². The summed E-state index contributed by atoms with van der Waals surface area (Å²) in [4.78, 5) is 10.6. The number of morpholine rings is 1. The van der Waals surface area contributed by atoms with Crippen LogP contribution in [-0.4, -0.2) is 30.8 Å². The van der Waals surface area contributed by atoms with Crippen molar-refractivity contribution in [2.75, 3.05) is 19.8 Å². The lowest BCUT2D eigenvalue weighted by atomic mass is 10.0. The predicted molar refractivity (Wildman–Crippen MR) is 55.0 cm³/mol. The van der Waals surface area contributed by atoms with Crippen LogP contribution in [0.2, 0.25) is 0 Å². The molecule has 0 aromatic heterocycles. The van der Waals surface area contributed by atoms with Crippen molar-refractivity contribution in [3.8, 4) is 0 Å². The van der Waals surface area contributed by atoms with Gasteiger partial charge in [0.2, 0.25) is 0 Å². The Balaban J connectivity index is 2.11. The lowest BCUT2D eigenvalue weighted by molar-refractivity contribution is 0.0696. The van der Waals surface area contributed by atoms with E-state index in [2.05, 4.69) is 5.32 Å². The molecule has 1 aliphatic heterocycles. The topological polar surface area (TPSA) is 58.6 Å². The summed E-state index contributed by atoms with van der Waals surface area (Å²) >= 11 is 0. The van der Waals surface area contributed by atoms with Gasteiger partial charge in [-0.15, -0.1) is 0 Å². The molecule has 1 aromatic rings. The number of benzene rings is 1. The highest BCUT2D eigenvalue weighted by Gasteiger charge is 2.15. The number of hydrogen-bond acceptors (Lipinski definition) is 3. The minimum absolute atomic E-state index is 0.182. The summed E-state index contributed by atoms with van der Waals surface area (Å²) in [5.74, 6) is -0.894. The molecule has 1 atom stereocenters. The van der Waals surface area contributed by atoms with Crippen LogP contribution in [0.5, 0.6) is 0 Å². The molecule has 0 spiro atoms. The fourth-order valence-electron chi connectivity index (χ4n) is 1.64. The van der Waals surface area contributed by atoms with Gasteiger partial charge in [-0.3, -0.25) is 0 Å². The van der Waals surface area contributed by atoms with Crippen LogP contribution < -0.4 is 5.32 Å². The van der Waals surface area contributed by atoms with Crippen molar-refractivity contribution in [1.29, 1.82) is 0 Å². The molecule has 0 radical (unpaired) electrons. The van der Waals surface area contributed by atoms with Crippen molar-refractivity contribution in [2.24, 2.45) is 0 Å². The number of carboxylic acid groups (broad SMARTS) is 1. The van der Waals surface area contributed by atoms with Crippen LogP contribution in [0.15, 0.2) is 24.3 Å². The Labute approximate surface area is 87.9 Å². The van der Waals surface area contributed by atoms with Crippen molar-refractivity contribution in [3.63, 3.8) is 0 Å². The molecule has 0 unspecified atom stereocenters. The number of rotatable bonds is 2. The van der Waals surface area contributed by atoms with Gasteiger partial charge in [-0.1, -0.05) is 12.1 Å². The van der Waals surface area contributed by atoms with Crippen LogP contribution in [0, 0.1) is 0 Å². The number of aromatic carboxylic acids is 1. The third-order valence-electron chi connectivity index (χ3n) is 2.48. The van der Waals surface area contributed by atoms with Crippen molar-refractivity contribution in [2.45, 2.75) is 6.04 Å². The highest BCUT2D eigenvalue weighted by atomic mass is 16.5. The first kappa shape index (κ1) is 10.1. The van der Waals surface area contributed by atoms with Crippen LogP contribution in [0.25, 0.3) is 0 Å². The predicted octanol–water partition coefficient (Wildman–Crippen LogP) is 1.05. The smallest absolute Gasteiger partial charge is 0.335 e. The number of ether oxygens (including phenoxy) is 1. The highest BCUT2D eigenvalue weighted by Crippen LogP contribution is 2.16. The highest BCUT2D eigenvalue weighted by molar-refractivity contribution is 5.87. The number of carbonyl (C=O) groups is 1. The second-order valence-corrected chi connectivity index (χ2v) is 3.51. The van der Waals surface area contributed by atoms with Crippen molar-refractivity contribution in [1.82, 2.24) is 5.32 Å². The standard InChI is InChI=1S/C11H13NO3/c13-11(14)9-3-1-8(2-4-9)10-7-15-6-5-12-10/h1-4,10,12H,5-7H2,(H,13,14)/t10-/m1/s1. The van der Waals surface area contributed by atoms with E-state index in [0.717, 1.165) is 18.7 Å². The summed E-state index contributed by atoms with van der Waals surface area (Å²) in [6, 6.07) is 7.08. The third-order valence-corrected chi connectivity index (χ3v) is 2.48. The molecule has 1 saturated heterocycles. The summed E-state index contributed by atoms with van der Waals surface area (Å²) in [5.41, 5.74) is 1.38. The average Bonchev–Trinajstić information content (AvgIpc) is 2.30. The molecule has 15 heavy (non-hydrogen) atoms. The van der Waals surface area contributed by atoms with E-state index in [1.54, 1.807) is 12.1 Å². The molecular weight excluding hydrogens is 194 g/mol. The molecule has 0 aliphatic carbocycles. The Kier molecular flexibility index (Phi) is 2.99. The molecule has 2 rings (SSSR count). The summed E-state index contributed by atoms with van der Waals surface area (Å²) < 4.78 is 5.34. The molecule has 2 N–H and O–H groups in total. The normalized spacial score (nSPS) is 21.2. The first-order valence-corrected chi connectivity index (χ1v) is 4.92. The zero-order valence-corrected chi connectivity index (χ0v) is 8.27. The third kappa shape index (κ3) is 2.34. The van der Waals surface area contributed by atoms with Gasteiger partial charge in [0, 0.05) is 6.54 Å². The number of hydrogen-bond donors (Lipinski definition) is 2. The largest absolute Gasteiger partial charge is 0.478 e. The molecule has 1 heterocycles. The van der Waals surface area contributed by atoms with Crippen LogP contribution in [0.4, 0.5) is 0 Å². The lowest BCUT2D eigenvalue weighted by Gasteiger charge is -2.24. The van der Waals surface area contributed by atoms with Gasteiger partial charge in [0.25, 0.3) is 0 Å². The maximum Gasteiger partial charge on any atom is 0.335 e. The molecule has 4 nitrogen and oxygen atoms in total. The molecule has 1 aliphatic rings. The Hall–Kier alpha value is -1.39. The molecule has 0 bridgehead atoms. The van der Waals surface area contributed by atoms with E-state index in [-0.39, 0.29) is 6.04 Å². The first-order chi connectivity index (χ1) is 7.27. The van der Waals surface area contributed by atoms with E-state index in [0.29, 0.717) is 12.2 Å².